The van der Waals surface area contributed by atoms with E-state index in [4.69, 9.17) is 0 Å². The molecule has 0 amide bonds. The second-order valence-corrected chi connectivity index (χ2v) is 5.31. The van der Waals surface area contributed by atoms with E-state index < -0.39 is 0 Å². The van der Waals surface area contributed by atoms with Crippen LogP contribution in [-0.2, 0) is 6.54 Å². The maximum Gasteiger partial charge on any atom is 0.277 e. The maximum absolute atomic E-state index is 13.4. The van der Waals surface area contributed by atoms with Crippen molar-refractivity contribution in [1.29, 1.82) is 0 Å². The Bertz CT molecular complexity index is 864. The predicted molar refractivity (Wildman–Crippen MR) is 85.6 cm³/mol. The molecule has 0 radical (unpaired) electrons. The highest BCUT2D eigenvalue weighted by Gasteiger charge is 2.11. The fourth-order valence-corrected chi connectivity index (χ4v) is 2.71. The molecule has 6 heteroatoms. The van der Waals surface area contributed by atoms with Crippen molar-refractivity contribution in [3.8, 4) is 0 Å². The van der Waals surface area contributed by atoms with Crippen LogP contribution in [0.25, 0.3) is 21.9 Å². The standard InChI is InChI=1S/C16H19FN4O/c1-3-20(4-2)7-8-21-10-18-14-12-9-11(17)5-6-13(12)19-15(14)16(21)22/h5-6,9-10,19H,3-4,7-8H2,1-2H3. The Hall–Kier alpha value is -2.21. The predicted octanol–water partition coefficient (Wildman–Crippen LogP) is 2.36. The van der Waals surface area contributed by atoms with Gasteiger partial charge in [0.05, 0.1) is 6.33 Å². The van der Waals surface area contributed by atoms with Crippen LogP contribution in [0.5, 0.6) is 0 Å². The summed E-state index contributed by atoms with van der Waals surface area (Å²) in [5.41, 5.74) is 1.57. The van der Waals surface area contributed by atoms with Gasteiger partial charge in [-0.15, -0.1) is 0 Å². The number of hydrogen-bond donors (Lipinski definition) is 1. The Balaban J connectivity index is 2.02. The highest BCUT2D eigenvalue weighted by atomic mass is 19.1. The number of likely N-dealkylation sites (N-methyl/N-ethyl adjacent to an activating group) is 1. The Morgan fingerprint density at radius 2 is 2.09 bits per heavy atom. The van der Waals surface area contributed by atoms with Crippen molar-refractivity contribution in [2.45, 2.75) is 20.4 Å². The lowest BCUT2D eigenvalue weighted by atomic mass is 10.2. The first-order valence-corrected chi connectivity index (χ1v) is 7.52. The molecule has 2 aromatic heterocycles. The van der Waals surface area contributed by atoms with Crippen molar-refractivity contribution < 1.29 is 4.39 Å². The summed E-state index contributed by atoms with van der Waals surface area (Å²) in [6, 6.07) is 4.41. The Morgan fingerprint density at radius 1 is 1.32 bits per heavy atom. The number of aromatic amines is 1. The zero-order valence-corrected chi connectivity index (χ0v) is 12.8. The summed E-state index contributed by atoms with van der Waals surface area (Å²) in [5, 5.41) is 0.642. The average molecular weight is 302 g/mol. The van der Waals surface area contributed by atoms with E-state index in [0.717, 1.165) is 25.2 Å². The van der Waals surface area contributed by atoms with Crippen LogP contribution in [0.15, 0.2) is 29.3 Å². The van der Waals surface area contributed by atoms with Gasteiger partial charge in [-0.05, 0) is 31.3 Å². The van der Waals surface area contributed by atoms with E-state index in [1.54, 1.807) is 17.0 Å². The summed E-state index contributed by atoms with van der Waals surface area (Å²) in [5.74, 6) is -0.332. The van der Waals surface area contributed by atoms with Gasteiger partial charge in [0.1, 0.15) is 16.9 Å². The number of rotatable bonds is 5. The molecule has 0 aliphatic heterocycles. The fraction of sp³-hybridized carbons (Fsp3) is 0.375. The fourth-order valence-electron chi connectivity index (χ4n) is 2.71. The lowest BCUT2D eigenvalue weighted by Crippen LogP contribution is -2.31. The first-order chi connectivity index (χ1) is 10.6. The minimum atomic E-state index is -0.332. The SMILES string of the molecule is CCN(CC)CCn1cnc2c([nH]c3ccc(F)cc32)c1=O. The van der Waals surface area contributed by atoms with Gasteiger partial charge in [-0.2, -0.15) is 0 Å². The summed E-state index contributed by atoms with van der Waals surface area (Å²) in [6.07, 6.45) is 1.55. The molecule has 0 unspecified atom stereocenters. The van der Waals surface area contributed by atoms with E-state index in [0.29, 0.717) is 23.0 Å². The van der Waals surface area contributed by atoms with Crippen LogP contribution in [0.3, 0.4) is 0 Å². The van der Waals surface area contributed by atoms with Gasteiger partial charge in [0.25, 0.3) is 5.56 Å². The number of nitrogens with zero attached hydrogens (tertiary/aromatic N) is 3. The van der Waals surface area contributed by atoms with Gasteiger partial charge >= 0.3 is 0 Å². The van der Waals surface area contributed by atoms with Gasteiger partial charge in [-0.25, -0.2) is 9.37 Å². The molecule has 1 aromatic carbocycles. The highest BCUT2D eigenvalue weighted by Crippen LogP contribution is 2.21. The van der Waals surface area contributed by atoms with E-state index in [1.165, 1.54) is 12.1 Å². The Labute approximate surface area is 127 Å². The number of hydrogen-bond acceptors (Lipinski definition) is 3. The molecule has 0 aliphatic rings. The van der Waals surface area contributed by atoms with Gasteiger partial charge in [0.15, 0.2) is 0 Å². The monoisotopic (exact) mass is 302 g/mol. The zero-order chi connectivity index (χ0) is 15.7. The van der Waals surface area contributed by atoms with E-state index in [-0.39, 0.29) is 11.4 Å². The van der Waals surface area contributed by atoms with Crippen LogP contribution in [0.4, 0.5) is 4.39 Å². The van der Waals surface area contributed by atoms with E-state index in [9.17, 15) is 9.18 Å². The van der Waals surface area contributed by atoms with Gasteiger partial charge < -0.3 is 9.88 Å². The van der Waals surface area contributed by atoms with Crippen LogP contribution in [0.1, 0.15) is 13.8 Å². The number of aromatic nitrogens is 3. The van der Waals surface area contributed by atoms with Crippen molar-refractivity contribution in [2.24, 2.45) is 0 Å². The summed E-state index contributed by atoms with van der Waals surface area (Å²) in [7, 11) is 0. The van der Waals surface area contributed by atoms with Crippen molar-refractivity contribution >= 4 is 21.9 Å². The minimum absolute atomic E-state index is 0.117. The van der Waals surface area contributed by atoms with Gasteiger partial charge in [0.2, 0.25) is 0 Å². The molecular formula is C16H19FN4O. The van der Waals surface area contributed by atoms with Gasteiger partial charge in [-0.1, -0.05) is 13.8 Å². The van der Waals surface area contributed by atoms with Crippen LogP contribution in [0, 0.1) is 5.82 Å². The normalized spacial score (nSPS) is 11.8. The molecule has 0 bridgehead atoms. The molecule has 0 saturated carbocycles. The molecule has 0 spiro atoms. The van der Waals surface area contributed by atoms with Gasteiger partial charge in [0, 0.05) is 24.0 Å². The van der Waals surface area contributed by atoms with Crippen molar-refractivity contribution in [2.75, 3.05) is 19.6 Å². The lowest BCUT2D eigenvalue weighted by Gasteiger charge is -2.18. The zero-order valence-electron chi connectivity index (χ0n) is 12.8. The van der Waals surface area contributed by atoms with E-state index >= 15 is 0 Å². The first-order valence-electron chi connectivity index (χ1n) is 7.52. The maximum atomic E-state index is 13.4. The molecule has 2 heterocycles. The topological polar surface area (TPSA) is 53.9 Å². The van der Waals surface area contributed by atoms with E-state index in [2.05, 4.69) is 28.7 Å². The third kappa shape index (κ3) is 2.50. The molecular weight excluding hydrogens is 283 g/mol. The molecule has 22 heavy (non-hydrogen) atoms. The molecule has 5 nitrogen and oxygen atoms in total. The van der Waals surface area contributed by atoms with Crippen molar-refractivity contribution in [1.82, 2.24) is 19.4 Å². The minimum Gasteiger partial charge on any atom is -0.349 e. The van der Waals surface area contributed by atoms with Crippen LogP contribution in [0.2, 0.25) is 0 Å². The molecule has 3 rings (SSSR count). The van der Waals surface area contributed by atoms with Crippen LogP contribution in [-0.4, -0.2) is 39.1 Å². The first kappa shape index (κ1) is 14.7. The van der Waals surface area contributed by atoms with Crippen LogP contribution < -0.4 is 5.56 Å². The largest absolute Gasteiger partial charge is 0.349 e. The number of halogens is 1. The quantitative estimate of drug-likeness (QED) is 0.787. The molecule has 0 aliphatic carbocycles. The van der Waals surface area contributed by atoms with Crippen LogP contribution >= 0.6 is 0 Å². The Morgan fingerprint density at radius 3 is 2.82 bits per heavy atom. The molecule has 116 valence electrons. The molecule has 0 fully saturated rings. The van der Waals surface area contributed by atoms with E-state index in [1.807, 2.05) is 0 Å². The summed E-state index contributed by atoms with van der Waals surface area (Å²) in [4.78, 5) is 22.2. The number of fused-ring (bicyclic) bond motifs is 3. The van der Waals surface area contributed by atoms with Crippen molar-refractivity contribution in [3.05, 3.63) is 40.7 Å². The second-order valence-electron chi connectivity index (χ2n) is 5.31. The third-order valence-corrected chi connectivity index (χ3v) is 4.09. The number of H-pyrrole nitrogens is 1. The Kier molecular flexibility index (Phi) is 3.94. The van der Waals surface area contributed by atoms with Gasteiger partial charge in [-0.3, -0.25) is 9.36 Å². The molecule has 3 aromatic rings. The third-order valence-electron chi connectivity index (χ3n) is 4.09. The molecule has 0 atom stereocenters. The summed E-state index contributed by atoms with van der Waals surface area (Å²) in [6.45, 7) is 7.49. The molecule has 1 N–H and O–H groups in total. The molecule has 0 saturated heterocycles. The number of benzene rings is 1. The highest BCUT2D eigenvalue weighted by molar-refractivity contribution is 6.04. The lowest BCUT2D eigenvalue weighted by molar-refractivity contribution is 0.289. The second kappa shape index (κ2) is 5.88. The smallest absolute Gasteiger partial charge is 0.277 e. The van der Waals surface area contributed by atoms with Crippen molar-refractivity contribution in [3.63, 3.8) is 0 Å². The summed E-state index contributed by atoms with van der Waals surface area (Å²) < 4.78 is 15.0. The summed E-state index contributed by atoms with van der Waals surface area (Å²) >= 11 is 0. The average Bonchev–Trinajstić information content (AvgIpc) is 2.89. The number of nitrogens with one attached hydrogen (secondary N) is 1.